The summed E-state index contributed by atoms with van der Waals surface area (Å²) in [5.41, 5.74) is 2.85. The zero-order valence-corrected chi connectivity index (χ0v) is 11.2. The summed E-state index contributed by atoms with van der Waals surface area (Å²) < 4.78 is 0. The van der Waals surface area contributed by atoms with Crippen LogP contribution in [0.4, 0.5) is 0 Å². The lowest BCUT2D eigenvalue weighted by Gasteiger charge is -2.12. The monoisotopic (exact) mass is 228 g/mol. The van der Waals surface area contributed by atoms with E-state index in [9.17, 15) is 0 Å². The van der Waals surface area contributed by atoms with Crippen molar-refractivity contribution in [2.45, 2.75) is 58.3 Å². The number of hydrogen-bond acceptors (Lipinski definition) is 0. The van der Waals surface area contributed by atoms with E-state index in [1.54, 1.807) is 0 Å². The van der Waals surface area contributed by atoms with Crippen LogP contribution in [0.5, 0.6) is 0 Å². The Morgan fingerprint density at radius 2 is 1.82 bits per heavy atom. The molecule has 0 aliphatic rings. The minimum Gasteiger partial charge on any atom is -0.120 e. The number of unbranched alkanes of at least 4 members (excludes halogenated alkanes) is 2. The minimum absolute atomic E-state index is 0.532. The van der Waals surface area contributed by atoms with Gasteiger partial charge in [-0.15, -0.1) is 12.3 Å². The van der Waals surface area contributed by atoms with Gasteiger partial charge in [0, 0.05) is 6.42 Å². The maximum Gasteiger partial charge on any atom is 0.0155 e. The third-order valence-corrected chi connectivity index (χ3v) is 3.38. The normalized spacial score (nSPS) is 12.1. The van der Waals surface area contributed by atoms with Crippen LogP contribution >= 0.6 is 0 Å². The Bertz CT molecular complexity index is 339. The molecule has 1 aromatic carbocycles. The van der Waals surface area contributed by atoms with Crippen LogP contribution in [0.1, 0.15) is 63.0 Å². The van der Waals surface area contributed by atoms with Gasteiger partial charge >= 0.3 is 0 Å². The molecule has 0 radical (unpaired) electrons. The van der Waals surface area contributed by atoms with Crippen LogP contribution in [0, 0.1) is 12.3 Å². The molecule has 0 N–H and O–H groups in total. The van der Waals surface area contributed by atoms with E-state index >= 15 is 0 Å². The molecule has 1 unspecified atom stereocenters. The van der Waals surface area contributed by atoms with Gasteiger partial charge < -0.3 is 0 Å². The average molecular weight is 228 g/mol. The zero-order valence-electron chi connectivity index (χ0n) is 11.2. The van der Waals surface area contributed by atoms with Crippen molar-refractivity contribution in [1.29, 1.82) is 0 Å². The van der Waals surface area contributed by atoms with E-state index in [0.29, 0.717) is 5.92 Å². The van der Waals surface area contributed by atoms with Gasteiger partial charge in [0.15, 0.2) is 0 Å². The Morgan fingerprint density at radius 3 is 2.35 bits per heavy atom. The van der Waals surface area contributed by atoms with Crippen molar-refractivity contribution in [3.63, 3.8) is 0 Å². The Morgan fingerprint density at radius 1 is 1.12 bits per heavy atom. The Kier molecular flexibility index (Phi) is 6.48. The first kappa shape index (κ1) is 13.8. The first-order valence-corrected chi connectivity index (χ1v) is 6.84. The van der Waals surface area contributed by atoms with Crippen LogP contribution in [-0.4, -0.2) is 0 Å². The molecule has 0 aliphatic carbocycles. The molecule has 1 atom stereocenters. The lowest BCUT2D eigenvalue weighted by molar-refractivity contribution is 0.683. The first-order chi connectivity index (χ1) is 8.31. The predicted molar refractivity (Wildman–Crippen MR) is 76.2 cm³/mol. The Hall–Kier alpha value is -1.22. The lowest BCUT2D eigenvalue weighted by atomic mass is 9.92. The molecule has 1 rings (SSSR count). The topological polar surface area (TPSA) is 0 Å². The van der Waals surface area contributed by atoms with Gasteiger partial charge in [-0.3, -0.25) is 0 Å². The van der Waals surface area contributed by atoms with Crippen LogP contribution in [0.15, 0.2) is 24.3 Å². The average Bonchev–Trinajstić information content (AvgIpc) is 2.37. The largest absolute Gasteiger partial charge is 0.120 e. The van der Waals surface area contributed by atoms with E-state index < -0.39 is 0 Å². The molecular formula is C17H24. The van der Waals surface area contributed by atoms with Gasteiger partial charge in [-0.2, -0.15) is 0 Å². The highest BCUT2D eigenvalue weighted by molar-refractivity contribution is 5.26. The fourth-order valence-corrected chi connectivity index (χ4v) is 2.18. The highest BCUT2D eigenvalue weighted by Crippen LogP contribution is 2.23. The molecular weight excluding hydrogens is 204 g/mol. The second-order valence-electron chi connectivity index (χ2n) is 4.71. The molecule has 0 fully saturated rings. The Balaban J connectivity index is 2.57. The second kappa shape index (κ2) is 7.96. The Labute approximate surface area is 106 Å². The van der Waals surface area contributed by atoms with Crippen molar-refractivity contribution < 1.29 is 0 Å². The van der Waals surface area contributed by atoms with Gasteiger partial charge in [-0.25, -0.2) is 0 Å². The molecule has 0 bridgehead atoms. The maximum absolute atomic E-state index is 5.40. The SMILES string of the molecule is C#CCC(CC)c1ccc(CCCCC)cc1. The molecule has 0 saturated heterocycles. The molecule has 0 aromatic heterocycles. The number of benzene rings is 1. The second-order valence-corrected chi connectivity index (χ2v) is 4.71. The minimum atomic E-state index is 0.532. The number of hydrogen-bond donors (Lipinski definition) is 0. The van der Waals surface area contributed by atoms with Crippen molar-refractivity contribution in [1.82, 2.24) is 0 Å². The third kappa shape index (κ3) is 4.65. The number of aryl methyl sites for hydroxylation is 1. The summed E-state index contributed by atoms with van der Waals surface area (Å²) in [5, 5.41) is 0. The molecule has 17 heavy (non-hydrogen) atoms. The van der Waals surface area contributed by atoms with Crippen molar-refractivity contribution in [2.24, 2.45) is 0 Å². The molecule has 0 aliphatic heterocycles. The van der Waals surface area contributed by atoms with E-state index in [-0.39, 0.29) is 0 Å². The van der Waals surface area contributed by atoms with Crippen LogP contribution < -0.4 is 0 Å². The summed E-state index contributed by atoms with van der Waals surface area (Å²) in [4.78, 5) is 0. The molecule has 92 valence electrons. The first-order valence-electron chi connectivity index (χ1n) is 6.84. The van der Waals surface area contributed by atoms with Gasteiger partial charge in [0.05, 0.1) is 0 Å². The van der Waals surface area contributed by atoms with E-state index in [1.807, 2.05) is 0 Å². The summed E-state index contributed by atoms with van der Waals surface area (Å²) in [6.45, 7) is 4.45. The number of rotatable bonds is 7. The summed E-state index contributed by atoms with van der Waals surface area (Å²) in [6.07, 6.45) is 12.5. The molecule has 0 heteroatoms. The molecule has 0 nitrogen and oxygen atoms in total. The van der Waals surface area contributed by atoms with Crippen LogP contribution in [0.2, 0.25) is 0 Å². The van der Waals surface area contributed by atoms with E-state index in [4.69, 9.17) is 6.42 Å². The zero-order chi connectivity index (χ0) is 12.5. The summed E-state index contributed by atoms with van der Waals surface area (Å²) in [5.74, 6) is 3.31. The summed E-state index contributed by atoms with van der Waals surface area (Å²) in [6, 6.07) is 9.05. The lowest BCUT2D eigenvalue weighted by Crippen LogP contribution is -1.96. The number of terminal acetylenes is 1. The van der Waals surface area contributed by atoms with Gasteiger partial charge in [0.1, 0.15) is 0 Å². The highest BCUT2D eigenvalue weighted by atomic mass is 14.1. The van der Waals surface area contributed by atoms with E-state index in [0.717, 1.165) is 12.8 Å². The van der Waals surface area contributed by atoms with Gasteiger partial charge in [-0.05, 0) is 36.3 Å². The van der Waals surface area contributed by atoms with Gasteiger partial charge in [0.2, 0.25) is 0 Å². The molecule has 0 heterocycles. The van der Waals surface area contributed by atoms with Gasteiger partial charge in [0.25, 0.3) is 0 Å². The smallest absolute Gasteiger partial charge is 0.0155 e. The quantitative estimate of drug-likeness (QED) is 0.458. The van der Waals surface area contributed by atoms with Gasteiger partial charge in [-0.1, -0.05) is 51.0 Å². The fraction of sp³-hybridized carbons (Fsp3) is 0.529. The van der Waals surface area contributed by atoms with Crippen molar-refractivity contribution in [3.05, 3.63) is 35.4 Å². The van der Waals surface area contributed by atoms with Crippen LogP contribution in [-0.2, 0) is 6.42 Å². The molecule has 0 saturated carbocycles. The van der Waals surface area contributed by atoms with Crippen molar-refractivity contribution >= 4 is 0 Å². The third-order valence-electron chi connectivity index (χ3n) is 3.38. The van der Waals surface area contributed by atoms with Crippen molar-refractivity contribution in [3.8, 4) is 12.3 Å². The van der Waals surface area contributed by atoms with Crippen molar-refractivity contribution in [2.75, 3.05) is 0 Å². The standard InChI is InChI=1S/C17H24/c1-4-7-8-10-15-11-13-17(14-12-15)16(6-3)9-5-2/h2,11-14,16H,4,6-10H2,1,3H3. The molecule has 0 amide bonds. The molecule has 0 spiro atoms. The highest BCUT2D eigenvalue weighted by Gasteiger charge is 2.07. The fourth-order valence-electron chi connectivity index (χ4n) is 2.18. The van der Waals surface area contributed by atoms with Crippen LogP contribution in [0.25, 0.3) is 0 Å². The van der Waals surface area contributed by atoms with E-state index in [1.165, 1.54) is 36.8 Å². The maximum atomic E-state index is 5.40. The summed E-state index contributed by atoms with van der Waals surface area (Å²) >= 11 is 0. The summed E-state index contributed by atoms with van der Waals surface area (Å²) in [7, 11) is 0. The van der Waals surface area contributed by atoms with E-state index in [2.05, 4.69) is 44.0 Å². The van der Waals surface area contributed by atoms with Crippen LogP contribution in [0.3, 0.4) is 0 Å². The molecule has 1 aromatic rings. The predicted octanol–water partition coefficient (Wildman–Crippen LogP) is 4.94.